The third kappa shape index (κ3) is 2.92. The molecule has 3 nitrogen and oxygen atoms in total. The van der Waals surface area contributed by atoms with Gasteiger partial charge >= 0.3 is 0 Å². The predicted octanol–water partition coefficient (Wildman–Crippen LogP) is 3.53. The molecule has 0 aliphatic carbocycles. The molecule has 2 aromatic rings. The fraction of sp³-hybridized carbons (Fsp3) is 0.357. The average Bonchev–Trinajstić information content (AvgIpc) is 2.78. The van der Waals surface area contributed by atoms with Crippen molar-refractivity contribution in [3.63, 3.8) is 0 Å². The van der Waals surface area contributed by atoms with Gasteiger partial charge in [-0.2, -0.15) is 0 Å². The van der Waals surface area contributed by atoms with E-state index >= 15 is 0 Å². The maximum absolute atomic E-state index is 6.05. The lowest BCUT2D eigenvalue weighted by Gasteiger charge is -2.17. The summed E-state index contributed by atoms with van der Waals surface area (Å²) in [5.74, 6) is 0. The molecule has 96 valence electrons. The number of likely N-dealkylation sites (N-methyl/N-ethyl adjacent to an activating group) is 1. The summed E-state index contributed by atoms with van der Waals surface area (Å²) in [4.78, 5) is 4.43. The fourth-order valence-corrected chi connectivity index (χ4v) is 2.26. The molecular formula is C14H17ClN2O. The molecule has 2 heterocycles. The van der Waals surface area contributed by atoms with Crippen LogP contribution in [0.1, 0.15) is 29.8 Å². The highest BCUT2D eigenvalue weighted by atomic mass is 35.5. The third-order valence-electron chi connectivity index (χ3n) is 2.99. The van der Waals surface area contributed by atoms with Gasteiger partial charge < -0.3 is 9.73 Å². The molecule has 0 aliphatic rings. The summed E-state index contributed by atoms with van der Waals surface area (Å²) >= 11 is 6.05. The Morgan fingerprint density at radius 3 is 2.89 bits per heavy atom. The Morgan fingerprint density at radius 2 is 2.28 bits per heavy atom. The molecule has 2 aromatic heterocycles. The summed E-state index contributed by atoms with van der Waals surface area (Å²) in [6.07, 6.45) is 4.25. The molecule has 0 bridgehead atoms. The van der Waals surface area contributed by atoms with Crippen LogP contribution in [0.3, 0.4) is 0 Å². The van der Waals surface area contributed by atoms with E-state index in [2.05, 4.69) is 30.2 Å². The Morgan fingerprint density at radius 1 is 1.44 bits per heavy atom. The molecule has 4 heteroatoms. The second-order valence-electron chi connectivity index (χ2n) is 4.23. The number of rotatable bonds is 5. The Balaban J connectivity index is 2.22. The molecule has 0 fully saturated rings. The van der Waals surface area contributed by atoms with E-state index in [0.29, 0.717) is 5.22 Å². The van der Waals surface area contributed by atoms with Crippen molar-refractivity contribution in [2.75, 3.05) is 6.54 Å². The zero-order chi connectivity index (χ0) is 13.0. The van der Waals surface area contributed by atoms with Crippen LogP contribution in [0.15, 0.2) is 35.1 Å². The minimum absolute atomic E-state index is 0.134. The van der Waals surface area contributed by atoms with Gasteiger partial charge in [-0.3, -0.25) is 4.98 Å². The number of aryl methyl sites for hydroxylation is 1. The summed E-state index contributed by atoms with van der Waals surface area (Å²) in [5, 5.41) is 3.87. The SMILES string of the molecule is CCNC(Cc1ncccc1C)c1ccoc1Cl. The highest BCUT2D eigenvalue weighted by Crippen LogP contribution is 2.26. The number of nitrogens with one attached hydrogen (secondary N) is 1. The largest absolute Gasteiger partial charge is 0.453 e. The third-order valence-corrected chi connectivity index (χ3v) is 3.29. The molecule has 0 amide bonds. The quantitative estimate of drug-likeness (QED) is 0.898. The van der Waals surface area contributed by atoms with Gasteiger partial charge in [0.05, 0.1) is 6.26 Å². The van der Waals surface area contributed by atoms with Crippen LogP contribution in [0.4, 0.5) is 0 Å². The predicted molar refractivity (Wildman–Crippen MR) is 72.8 cm³/mol. The average molecular weight is 265 g/mol. The Hall–Kier alpha value is -1.32. The summed E-state index contributed by atoms with van der Waals surface area (Å²) in [6.45, 7) is 5.02. The van der Waals surface area contributed by atoms with Crippen molar-refractivity contribution in [3.8, 4) is 0 Å². The maximum atomic E-state index is 6.05. The molecule has 0 radical (unpaired) electrons. The monoisotopic (exact) mass is 264 g/mol. The molecule has 0 aromatic carbocycles. The highest BCUT2D eigenvalue weighted by molar-refractivity contribution is 6.29. The molecule has 18 heavy (non-hydrogen) atoms. The minimum atomic E-state index is 0.134. The van der Waals surface area contributed by atoms with E-state index in [1.165, 1.54) is 5.56 Å². The van der Waals surface area contributed by atoms with E-state index in [0.717, 1.165) is 24.2 Å². The summed E-state index contributed by atoms with van der Waals surface area (Å²) in [5.41, 5.74) is 3.27. The van der Waals surface area contributed by atoms with Crippen LogP contribution < -0.4 is 5.32 Å². The summed E-state index contributed by atoms with van der Waals surface area (Å²) in [7, 11) is 0. The first-order valence-electron chi connectivity index (χ1n) is 6.09. The van der Waals surface area contributed by atoms with Gasteiger partial charge in [0.1, 0.15) is 0 Å². The molecule has 0 spiro atoms. The van der Waals surface area contributed by atoms with Crippen molar-refractivity contribution in [2.45, 2.75) is 26.3 Å². The lowest BCUT2D eigenvalue weighted by molar-refractivity contribution is 0.522. The van der Waals surface area contributed by atoms with Gasteiger partial charge in [0, 0.05) is 29.9 Å². The molecular weight excluding hydrogens is 248 g/mol. The molecule has 2 rings (SSSR count). The van der Waals surface area contributed by atoms with E-state index in [-0.39, 0.29) is 6.04 Å². The molecule has 0 saturated heterocycles. The van der Waals surface area contributed by atoms with Crippen LogP contribution in [0.5, 0.6) is 0 Å². The van der Waals surface area contributed by atoms with E-state index in [1.807, 2.05) is 18.3 Å². The van der Waals surface area contributed by atoms with Crippen molar-refractivity contribution < 1.29 is 4.42 Å². The molecule has 1 unspecified atom stereocenters. The number of furan rings is 1. The standard InChI is InChI=1S/C14H17ClN2O/c1-3-16-13(11-6-8-18-14(11)15)9-12-10(2)5-4-7-17-12/h4-8,13,16H,3,9H2,1-2H3. The number of aromatic nitrogens is 1. The normalized spacial score (nSPS) is 12.6. The Bertz CT molecular complexity index is 510. The lowest BCUT2D eigenvalue weighted by atomic mass is 10.0. The van der Waals surface area contributed by atoms with E-state index in [4.69, 9.17) is 16.0 Å². The maximum Gasteiger partial charge on any atom is 0.197 e. The van der Waals surface area contributed by atoms with Gasteiger partial charge in [-0.25, -0.2) is 0 Å². The van der Waals surface area contributed by atoms with Crippen molar-refractivity contribution in [1.82, 2.24) is 10.3 Å². The summed E-state index contributed by atoms with van der Waals surface area (Å²) in [6, 6.07) is 6.07. The van der Waals surface area contributed by atoms with E-state index in [1.54, 1.807) is 6.26 Å². The zero-order valence-electron chi connectivity index (χ0n) is 10.6. The van der Waals surface area contributed by atoms with Crippen LogP contribution >= 0.6 is 11.6 Å². The number of hydrogen-bond donors (Lipinski definition) is 1. The first kappa shape index (κ1) is 13.1. The topological polar surface area (TPSA) is 38.1 Å². The fourth-order valence-electron chi connectivity index (χ4n) is 2.02. The van der Waals surface area contributed by atoms with Crippen molar-refractivity contribution >= 4 is 11.6 Å². The first-order chi connectivity index (χ1) is 8.72. The molecule has 1 atom stereocenters. The molecule has 0 saturated carbocycles. The number of nitrogens with zero attached hydrogens (tertiary/aromatic N) is 1. The van der Waals surface area contributed by atoms with Crippen molar-refractivity contribution in [2.24, 2.45) is 0 Å². The number of hydrogen-bond acceptors (Lipinski definition) is 3. The Kier molecular flexibility index (Phi) is 4.39. The minimum Gasteiger partial charge on any atom is -0.453 e. The smallest absolute Gasteiger partial charge is 0.197 e. The zero-order valence-corrected chi connectivity index (χ0v) is 11.4. The molecule has 0 aliphatic heterocycles. The first-order valence-corrected chi connectivity index (χ1v) is 6.47. The van der Waals surface area contributed by atoms with Crippen LogP contribution in [0.25, 0.3) is 0 Å². The summed E-state index contributed by atoms with van der Waals surface area (Å²) < 4.78 is 5.16. The van der Waals surface area contributed by atoms with Gasteiger partial charge in [0.15, 0.2) is 5.22 Å². The lowest BCUT2D eigenvalue weighted by Crippen LogP contribution is -2.23. The van der Waals surface area contributed by atoms with Crippen LogP contribution in [-0.4, -0.2) is 11.5 Å². The van der Waals surface area contributed by atoms with Gasteiger partial charge in [-0.05, 0) is 42.8 Å². The van der Waals surface area contributed by atoms with Crippen LogP contribution in [0.2, 0.25) is 5.22 Å². The van der Waals surface area contributed by atoms with Gasteiger partial charge in [-0.1, -0.05) is 13.0 Å². The molecule has 1 N–H and O–H groups in total. The van der Waals surface area contributed by atoms with Crippen LogP contribution in [0, 0.1) is 6.92 Å². The van der Waals surface area contributed by atoms with Crippen molar-refractivity contribution in [3.05, 3.63) is 52.7 Å². The van der Waals surface area contributed by atoms with Crippen molar-refractivity contribution in [1.29, 1.82) is 0 Å². The van der Waals surface area contributed by atoms with Gasteiger partial charge in [0.2, 0.25) is 0 Å². The highest BCUT2D eigenvalue weighted by Gasteiger charge is 2.17. The second-order valence-corrected chi connectivity index (χ2v) is 4.57. The second kappa shape index (κ2) is 6.03. The number of halogens is 1. The number of pyridine rings is 1. The van der Waals surface area contributed by atoms with E-state index < -0.39 is 0 Å². The van der Waals surface area contributed by atoms with E-state index in [9.17, 15) is 0 Å². The van der Waals surface area contributed by atoms with Gasteiger partial charge in [0.25, 0.3) is 0 Å². The van der Waals surface area contributed by atoms with Gasteiger partial charge in [-0.15, -0.1) is 0 Å². The van der Waals surface area contributed by atoms with Crippen LogP contribution in [-0.2, 0) is 6.42 Å². The Labute approximate surface area is 112 Å².